The monoisotopic (exact) mass is 678 g/mol. The van der Waals surface area contributed by atoms with E-state index in [1.54, 1.807) is 80.6 Å². The zero-order chi connectivity index (χ0) is 36.3. The third-order valence-corrected chi connectivity index (χ3v) is 8.71. The molecule has 2 aromatic heterocycles. The maximum atomic E-state index is 11.6. The van der Waals surface area contributed by atoms with Crippen LogP contribution in [0.2, 0.25) is 0 Å². The number of aromatic nitrogens is 2. The summed E-state index contributed by atoms with van der Waals surface area (Å²) in [6, 6.07) is 23.3. The number of aromatic hydroxyl groups is 2. The van der Waals surface area contributed by atoms with Gasteiger partial charge in [-0.2, -0.15) is 0 Å². The molecule has 0 radical (unpaired) electrons. The van der Waals surface area contributed by atoms with E-state index in [0.717, 1.165) is 5.69 Å². The van der Waals surface area contributed by atoms with Crippen LogP contribution in [0.4, 0.5) is 0 Å². The molecule has 0 spiro atoms. The van der Waals surface area contributed by atoms with Crippen molar-refractivity contribution in [2.75, 3.05) is 0 Å². The Hall–Kier alpha value is -6.56. The number of hydrogen-bond donors (Lipinski definition) is 6. The number of para-hydroxylation sites is 2. The number of aliphatic carboxylic acids is 2. The molecule has 6 rings (SSSR count). The van der Waals surface area contributed by atoms with E-state index in [0.29, 0.717) is 62.8 Å². The van der Waals surface area contributed by atoms with Gasteiger partial charge in [0, 0.05) is 44.3 Å². The van der Waals surface area contributed by atoms with Crippen LogP contribution in [0.25, 0.3) is 21.8 Å². The zero-order valence-electron chi connectivity index (χ0n) is 27.1. The third kappa shape index (κ3) is 6.99. The lowest BCUT2D eigenvalue weighted by Gasteiger charge is -2.10. The highest BCUT2D eigenvalue weighted by atomic mass is 16.4. The summed E-state index contributed by atoms with van der Waals surface area (Å²) >= 11 is 0. The Morgan fingerprint density at radius 3 is 1.62 bits per heavy atom. The van der Waals surface area contributed by atoms with Gasteiger partial charge in [-0.25, -0.2) is 9.59 Å². The van der Waals surface area contributed by atoms with Crippen LogP contribution >= 0.6 is 0 Å². The average molecular weight is 679 g/mol. The van der Waals surface area contributed by atoms with Crippen LogP contribution < -0.4 is 0 Å². The molecule has 0 aliphatic heterocycles. The summed E-state index contributed by atoms with van der Waals surface area (Å²) in [6.45, 7) is 4.21. The molecule has 0 fully saturated rings. The molecule has 0 unspecified atom stereocenters. The molecule has 256 valence electrons. The molecule has 0 amide bonds. The molecule has 12 nitrogen and oxygen atoms in total. The van der Waals surface area contributed by atoms with Crippen molar-refractivity contribution >= 4 is 45.7 Å². The minimum Gasteiger partial charge on any atom is -0.508 e. The quantitative estimate of drug-likeness (QED) is 0.0990. The van der Waals surface area contributed by atoms with E-state index in [4.69, 9.17) is 0 Å². The molecule has 2 heterocycles. The van der Waals surface area contributed by atoms with E-state index in [9.17, 15) is 49.8 Å². The summed E-state index contributed by atoms with van der Waals surface area (Å²) in [4.78, 5) is 45.4. The molecule has 0 bridgehead atoms. The summed E-state index contributed by atoms with van der Waals surface area (Å²) in [7, 11) is 0. The van der Waals surface area contributed by atoms with Gasteiger partial charge >= 0.3 is 23.9 Å². The summed E-state index contributed by atoms with van der Waals surface area (Å²) in [5.41, 5.74) is 5.37. The molecule has 0 atom stereocenters. The molecular formula is C38H34N2O10. The van der Waals surface area contributed by atoms with Gasteiger partial charge < -0.3 is 39.8 Å². The average Bonchev–Trinajstić information content (AvgIpc) is 3.47. The summed E-state index contributed by atoms with van der Waals surface area (Å²) in [6.07, 6.45) is -0.414. The summed E-state index contributed by atoms with van der Waals surface area (Å²) < 4.78 is 3.68. The lowest BCUT2D eigenvalue weighted by Crippen LogP contribution is -2.05. The standard InChI is InChI=1S/2C19H17NO5/c1-11-14(9-17(22)23)18-13(19(24)25)6-4-7-15(18)20(11)10-12-5-2-3-8-16(12)21;1-11-15(9-18(22)23)14-7-6-12(19(24)25)8-16(14)20(11)10-13-4-2-3-5-17(13)21/h2*2-8,21H,9-10H2,1H3,(H,22,23)(H,24,25). The highest BCUT2D eigenvalue weighted by molar-refractivity contribution is 6.06. The smallest absolute Gasteiger partial charge is 0.336 e. The Labute approximate surface area is 285 Å². The fourth-order valence-corrected chi connectivity index (χ4v) is 6.25. The normalized spacial score (nSPS) is 10.9. The first kappa shape index (κ1) is 34.8. The molecule has 50 heavy (non-hydrogen) atoms. The Morgan fingerprint density at radius 1 is 0.580 bits per heavy atom. The van der Waals surface area contributed by atoms with Crippen molar-refractivity contribution in [1.29, 1.82) is 0 Å². The molecule has 0 saturated carbocycles. The van der Waals surface area contributed by atoms with Crippen LogP contribution in [0, 0.1) is 13.8 Å². The molecule has 12 heteroatoms. The Balaban J connectivity index is 0.000000194. The number of carbonyl (C=O) groups is 4. The van der Waals surface area contributed by atoms with Gasteiger partial charge in [-0.1, -0.05) is 48.5 Å². The second kappa shape index (κ2) is 14.3. The molecule has 6 N–H and O–H groups in total. The number of nitrogens with zero attached hydrogens (tertiary/aromatic N) is 2. The first-order valence-corrected chi connectivity index (χ1v) is 15.4. The zero-order valence-corrected chi connectivity index (χ0v) is 27.1. The number of benzene rings is 4. The molecule has 6 aromatic rings. The molecule has 0 aliphatic rings. The van der Waals surface area contributed by atoms with Crippen molar-refractivity contribution in [2.45, 2.75) is 39.8 Å². The molecule has 4 aromatic carbocycles. The van der Waals surface area contributed by atoms with Crippen LogP contribution in [0.15, 0.2) is 84.9 Å². The van der Waals surface area contributed by atoms with Crippen LogP contribution in [0.5, 0.6) is 11.5 Å². The third-order valence-electron chi connectivity index (χ3n) is 8.71. The maximum Gasteiger partial charge on any atom is 0.336 e. The number of phenolic OH excluding ortho intramolecular Hbond substituents is 2. The maximum absolute atomic E-state index is 11.6. The fourth-order valence-electron chi connectivity index (χ4n) is 6.25. The first-order valence-electron chi connectivity index (χ1n) is 15.4. The largest absolute Gasteiger partial charge is 0.508 e. The SMILES string of the molecule is Cc1c(CC(=O)O)c2c(C(=O)O)cccc2n1Cc1ccccc1O.Cc1c(CC(=O)O)c2ccc(C(=O)O)cc2n1Cc1ccccc1O. The number of aromatic carboxylic acids is 2. The lowest BCUT2D eigenvalue weighted by atomic mass is 10.0. The van der Waals surface area contributed by atoms with Crippen molar-refractivity contribution in [3.63, 3.8) is 0 Å². The van der Waals surface area contributed by atoms with E-state index in [1.165, 1.54) is 18.2 Å². The highest BCUT2D eigenvalue weighted by Crippen LogP contribution is 2.32. The van der Waals surface area contributed by atoms with Crippen LogP contribution in [0.3, 0.4) is 0 Å². The lowest BCUT2D eigenvalue weighted by molar-refractivity contribution is -0.137. The van der Waals surface area contributed by atoms with Crippen LogP contribution in [-0.2, 0) is 35.5 Å². The predicted octanol–water partition coefficient (Wildman–Crippen LogP) is 6.06. The predicted molar refractivity (Wildman–Crippen MR) is 184 cm³/mol. The highest BCUT2D eigenvalue weighted by Gasteiger charge is 2.22. The summed E-state index contributed by atoms with van der Waals surface area (Å²) in [5.74, 6) is -3.85. The van der Waals surface area contributed by atoms with Gasteiger partial charge in [-0.15, -0.1) is 0 Å². The number of fused-ring (bicyclic) bond motifs is 2. The van der Waals surface area contributed by atoms with Crippen LogP contribution in [0.1, 0.15) is 54.4 Å². The van der Waals surface area contributed by atoms with Gasteiger partial charge in [0.15, 0.2) is 0 Å². The Bertz CT molecular complexity index is 2250. The van der Waals surface area contributed by atoms with Crippen molar-refractivity contribution < 1.29 is 49.8 Å². The molecular weight excluding hydrogens is 644 g/mol. The molecule has 0 aliphatic carbocycles. The van der Waals surface area contributed by atoms with E-state index in [-0.39, 0.29) is 35.5 Å². The second-order valence-electron chi connectivity index (χ2n) is 11.7. The van der Waals surface area contributed by atoms with Gasteiger partial charge in [0.05, 0.1) is 37.1 Å². The Morgan fingerprint density at radius 2 is 1.10 bits per heavy atom. The second-order valence-corrected chi connectivity index (χ2v) is 11.7. The van der Waals surface area contributed by atoms with Crippen LogP contribution in [-0.4, -0.2) is 63.7 Å². The van der Waals surface area contributed by atoms with Gasteiger partial charge in [0.2, 0.25) is 0 Å². The van der Waals surface area contributed by atoms with Gasteiger partial charge in [-0.05, 0) is 61.4 Å². The van der Waals surface area contributed by atoms with E-state index < -0.39 is 23.9 Å². The number of carboxylic acids is 4. The number of phenols is 2. The Kier molecular flexibility index (Phi) is 9.93. The number of rotatable bonds is 10. The first-order chi connectivity index (χ1) is 23.8. The van der Waals surface area contributed by atoms with Gasteiger partial charge in [0.25, 0.3) is 0 Å². The van der Waals surface area contributed by atoms with Crippen molar-refractivity contribution in [2.24, 2.45) is 0 Å². The number of carboxylic acid groups (broad SMARTS) is 4. The fraction of sp³-hybridized carbons (Fsp3) is 0.158. The van der Waals surface area contributed by atoms with Crippen molar-refractivity contribution in [3.05, 3.63) is 130 Å². The van der Waals surface area contributed by atoms with E-state index >= 15 is 0 Å². The minimum absolute atomic E-state index is 0.0767. The minimum atomic E-state index is -1.10. The van der Waals surface area contributed by atoms with E-state index in [2.05, 4.69) is 0 Å². The number of hydrogen-bond acceptors (Lipinski definition) is 6. The summed E-state index contributed by atoms with van der Waals surface area (Å²) in [5, 5.41) is 58.3. The van der Waals surface area contributed by atoms with Gasteiger partial charge in [-0.3, -0.25) is 9.59 Å². The van der Waals surface area contributed by atoms with Crippen molar-refractivity contribution in [3.8, 4) is 11.5 Å². The van der Waals surface area contributed by atoms with Gasteiger partial charge in [0.1, 0.15) is 11.5 Å². The topological polar surface area (TPSA) is 200 Å². The molecule has 0 saturated heterocycles. The van der Waals surface area contributed by atoms with E-state index in [1.807, 2.05) is 9.13 Å². The van der Waals surface area contributed by atoms with Crippen molar-refractivity contribution in [1.82, 2.24) is 9.13 Å².